The highest BCUT2D eigenvalue weighted by molar-refractivity contribution is 9.10. The zero-order chi connectivity index (χ0) is 23.7. The fourth-order valence-corrected chi connectivity index (χ4v) is 4.43. The number of carbonyl (C=O) groups is 1. The van der Waals surface area contributed by atoms with Gasteiger partial charge in [0.25, 0.3) is 5.91 Å². The van der Waals surface area contributed by atoms with Crippen molar-refractivity contribution < 1.29 is 4.79 Å². The molecule has 3 aromatic carbocycles. The van der Waals surface area contributed by atoms with Crippen LogP contribution in [0.15, 0.2) is 70.1 Å². The molecular weight excluding hydrogens is 567 g/mol. The Bertz CT molecular complexity index is 1300. The van der Waals surface area contributed by atoms with Gasteiger partial charge in [0.1, 0.15) is 0 Å². The Morgan fingerprint density at radius 2 is 1.79 bits per heavy atom. The van der Waals surface area contributed by atoms with Crippen LogP contribution in [-0.4, -0.2) is 29.9 Å². The van der Waals surface area contributed by atoms with Crippen molar-refractivity contribution in [2.24, 2.45) is 4.99 Å². The third kappa shape index (κ3) is 5.18. The molecule has 0 aromatic heterocycles. The Kier molecular flexibility index (Phi) is 7.26. The molecule has 1 heterocycles. The Balaban J connectivity index is 1.73. The molecule has 1 aliphatic heterocycles. The van der Waals surface area contributed by atoms with Crippen molar-refractivity contribution in [1.82, 2.24) is 5.32 Å². The van der Waals surface area contributed by atoms with Crippen molar-refractivity contribution in [3.8, 4) is 0 Å². The zero-order valence-corrected chi connectivity index (χ0v) is 21.7. The van der Waals surface area contributed by atoms with E-state index in [1.54, 1.807) is 49.5 Å². The molecule has 0 spiro atoms. The van der Waals surface area contributed by atoms with Crippen LogP contribution >= 0.6 is 63.0 Å². The Morgan fingerprint density at radius 3 is 2.52 bits per heavy atom. The summed E-state index contributed by atoms with van der Waals surface area (Å²) in [4.78, 5) is 19.6. The van der Waals surface area contributed by atoms with E-state index in [4.69, 9.17) is 52.0 Å². The summed E-state index contributed by atoms with van der Waals surface area (Å²) in [5.74, 6) is -0.293. The van der Waals surface area contributed by atoms with Crippen molar-refractivity contribution in [2.75, 3.05) is 17.3 Å². The first-order chi connectivity index (χ1) is 15.7. The second-order valence-electron chi connectivity index (χ2n) is 7.15. The average molecular weight is 583 g/mol. The second kappa shape index (κ2) is 9.99. The fraction of sp³-hybridized carbons (Fsp3) is 0.0870. The van der Waals surface area contributed by atoms with Gasteiger partial charge in [-0.1, -0.05) is 53.0 Å². The van der Waals surface area contributed by atoms with E-state index in [0.29, 0.717) is 43.3 Å². The van der Waals surface area contributed by atoms with E-state index in [-0.39, 0.29) is 11.0 Å². The van der Waals surface area contributed by atoms with Gasteiger partial charge in [0.05, 0.1) is 16.4 Å². The molecule has 0 radical (unpaired) electrons. The van der Waals surface area contributed by atoms with Crippen molar-refractivity contribution in [3.63, 3.8) is 0 Å². The lowest BCUT2D eigenvalue weighted by Gasteiger charge is -2.22. The summed E-state index contributed by atoms with van der Waals surface area (Å²) < 4.78 is 0.763. The summed E-state index contributed by atoms with van der Waals surface area (Å²) in [5.41, 5.74) is 3.22. The molecule has 5 nitrogen and oxygen atoms in total. The Morgan fingerprint density at radius 1 is 1.03 bits per heavy atom. The van der Waals surface area contributed by atoms with E-state index < -0.39 is 6.17 Å². The molecule has 4 rings (SSSR count). The highest BCUT2D eigenvalue weighted by atomic mass is 79.9. The van der Waals surface area contributed by atoms with Crippen LogP contribution in [0.1, 0.15) is 11.1 Å². The van der Waals surface area contributed by atoms with Gasteiger partial charge in [-0.2, -0.15) is 0 Å². The van der Waals surface area contributed by atoms with Gasteiger partial charge < -0.3 is 15.5 Å². The maximum absolute atomic E-state index is 13.3. The van der Waals surface area contributed by atoms with Gasteiger partial charge >= 0.3 is 0 Å². The third-order valence-electron chi connectivity index (χ3n) is 4.97. The first-order valence-electron chi connectivity index (χ1n) is 9.67. The largest absolute Gasteiger partial charge is 0.333 e. The van der Waals surface area contributed by atoms with Crippen LogP contribution in [0.2, 0.25) is 15.1 Å². The van der Waals surface area contributed by atoms with Crippen molar-refractivity contribution in [3.05, 3.63) is 91.3 Å². The number of aliphatic imine (C=N–C) groups is 1. The van der Waals surface area contributed by atoms with Crippen molar-refractivity contribution >= 4 is 91.1 Å². The van der Waals surface area contributed by atoms with E-state index in [0.717, 1.165) is 4.47 Å². The number of hydrogen-bond acceptors (Lipinski definition) is 3. The van der Waals surface area contributed by atoms with Gasteiger partial charge in [0, 0.05) is 38.4 Å². The number of rotatable bonds is 3. The molecule has 33 heavy (non-hydrogen) atoms. The molecule has 0 bridgehead atoms. The van der Waals surface area contributed by atoms with E-state index in [2.05, 4.69) is 26.6 Å². The highest BCUT2D eigenvalue weighted by Gasteiger charge is 2.31. The van der Waals surface area contributed by atoms with E-state index in [1.807, 2.05) is 18.2 Å². The predicted octanol–water partition coefficient (Wildman–Crippen LogP) is 6.54. The molecule has 3 aromatic rings. The molecule has 1 atom stereocenters. The molecule has 2 N–H and O–H groups in total. The normalized spacial score (nSPS) is 15.4. The second-order valence-corrected chi connectivity index (χ2v) is 9.66. The van der Waals surface area contributed by atoms with Crippen LogP contribution in [0, 0.1) is 0 Å². The summed E-state index contributed by atoms with van der Waals surface area (Å²) in [5, 5.41) is 7.80. The number of thiocarbonyl (C=S) groups is 1. The molecular formula is C23H16BrCl3N4OS. The number of benzodiazepines with no additional fused rings is 1. The molecule has 0 saturated carbocycles. The SMILES string of the molecule is CN1C(=O)C(NC(=S)Nc2ccc(Br)c(Cl)c2)N=C(c2ccccc2Cl)c2cc(Cl)ccc21. The fourth-order valence-electron chi connectivity index (χ4n) is 3.37. The molecule has 0 fully saturated rings. The monoisotopic (exact) mass is 580 g/mol. The quantitative estimate of drug-likeness (QED) is 0.345. The van der Waals surface area contributed by atoms with Gasteiger partial charge in [-0.05, 0) is 70.6 Å². The van der Waals surface area contributed by atoms with Gasteiger partial charge in [0.2, 0.25) is 6.17 Å². The summed E-state index contributed by atoms with van der Waals surface area (Å²) in [7, 11) is 1.68. The van der Waals surface area contributed by atoms with Gasteiger partial charge in [-0.25, -0.2) is 4.99 Å². The minimum atomic E-state index is -1.00. The van der Waals surface area contributed by atoms with E-state index >= 15 is 0 Å². The highest BCUT2D eigenvalue weighted by Crippen LogP contribution is 2.32. The summed E-state index contributed by atoms with van der Waals surface area (Å²) in [6.45, 7) is 0. The molecule has 1 unspecified atom stereocenters. The molecule has 0 aliphatic carbocycles. The number of amides is 1. The number of nitrogens with one attached hydrogen (secondary N) is 2. The molecule has 168 valence electrons. The summed E-state index contributed by atoms with van der Waals surface area (Å²) in [6.07, 6.45) is -1.00. The van der Waals surface area contributed by atoms with Gasteiger partial charge in [-0.15, -0.1) is 0 Å². The number of nitrogens with zero attached hydrogens (tertiary/aromatic N) is 2. The summed E-state index contributed by atoms with van der Waals surface area (Å²) in [6, 6.07) is 17.9. The first kappa shape index (κ1) is 24.0. The number of benzene rings is 3. The van der Waals surface area contributed by atoms with Crippen LogP contribution in [0.5, 0.6) is 0 Å². The number of fused-ring (bicyclic) bond motifs is 1. The third-order valence-corrected chi connectivity index (χ3v) is 6.99. The number of halogens is 4. The van der Waals surface area contributed by atoms with Crippen molar-refractivity contribution in [1.29, 1.82) is 0 Å². The molecule has 10 heteroatoms. The lowest BCUT2D eigenvalue weighted by molar-refractivity contribution is -0.119. The van der Waals surface area contributed by atoms with Crippen LogP contribution in [0.3, 0.4) is 0 Å². The van der Waals surface area contributed by atoms with E-state index in [9.17, 15) is 4.79 Å². The maximum atomic E-state index is 13.3. The van der Waals surface area contributed by atoms with Gasteiger partial charge in [0.15, 0.2) is 5.11 Å². The Labute approximate surface area is 219 Å². The Hall–Kier alpha value is -2.16. The lowest BCUT2D eigenvalue weighted by atomic mass is 10.00. The molecule has 0 saturated heterocycles. The minimum Gasteiger partial charge on any atom is -0.333 e. The topological polar surface area (TPSA) is 56.7 Å². The average Bonchev–Trinajstić information content (AvgIpc) is 2.87. The van der Waals surface area contributed by atoms with Crippen molar-refractivity contribution in [2.45, 2.75) is 6.17 Å². The number of anilines is 2. The lowest BCUT2D eigenvalue weighted by Crippen LogP contribution is -2.47. The zero-order valence-electron chi connectivity index (χ0n) is 17.1. The smallest absolute Gasteiger partial charge is 0.272 e. The summed E-state index contributed by atoms with van der Waals surface area (Å²) >= 11 is 27.8. The van der Waals surface area contributed by atoms with Gasteiger partial charge in [-0.3, -0.25) is 4.79 Å². The standard InChI is InChI=1S/C23H16BrCl3N4OS/c1-31-19-9-6-12(25)10-15(19)20(14-4-2-3-5-17(14)26)29-21(22(31)32)30-23(33)28-13-7-8-16(24)18(27)11-13/h2-11,21H,1H3,(H2,28,30,33). The van der Waals surface area contributed by atoms with Crippen LogP contribution in [-0.2, 0) is 4.79 Å². The molecule has 1 aliphatic rings. The van der Waals surface area contributed by atoms with E-state index in [1.165, 1.54) is 4.90 Å². The van der Waals surface area contributed by atoms with Crippen LogP contribution < -0.4 is 15.5 Å². The maximum Gasteiger partial charge on any atom is 0.272 e. The van der Waals surface area contributed by atoms with Crippen LogP contribution in [0.4, 0.5) is 11.4 Å². The van der Waals surface area contributed by atoms with Crippen LogP contribution in [0.25, 0.3) is 0 Å². The molecule has 1 amide bonds. The first-order valence-corrected chi connectivity index (χ1v) is 12.0. The number of carbonyl (C=O) groups excluding carboxylic acids is 1. The predicted molar refractivity (Wildman–Crippen MR) is 144 cm³/mol. The number of hydrogen-bond donors (Lipinski definition) is 2. The number of likely N-dealkylation sites (N-methyl/N-ethyl adjacent to an activating group) is 1. The minimum absolute atomic E-state index is 0.214.